The molecule has 1 aromatic carbocycles. The van der Waals surface area contributed by atoms with E-state index in [0.29, 0.717) is 18.9 Å². The number of amides is 1. The minimum atomic E-state index is 0.258. The Labute approximate surface area is 96.2 Å². The van der Waals surface area contributed by atoms with Gasteiger partial charge in [-0.25, -0.2) is 0 Å². The van der Waals surface area contributed by atoms with E-state index in [2.05, 4.69) is 12.1 Å². The average molecular weight is 218 g/mol. The minimum Gasteiger partial charge on any atom is -0.342 e. The van der Waals surface area contributed by atoms with E-state index in [9.17, 15) is 4.79 Å². The predicted octanol–water partition coefficient (Wildman–Crippen LogP) is 1.04. The number of hydrogen-bond donors (Lipinski definition) is 1. The summed E-state index contributed by atoms with van der Waals surface area (Å²) in [6.07, 6.45) is 1.45. The molecule has 3 nitrogen and oxygen atoms in total. The molecule has 86 valence electrons. The summed E-state index contributed by atoms with van der Waals surface area (Å²) in [5.74, 6) is 0.786. The molecule has 1 fully saturated rings. The maximum Gasteiger partial charge on any atom is 0.222 e. The predicted molar refractivity (Wildman–Crippen MR) is 63.9 cm³/mol. The van der Waals surface area contributed by atoms with Crippen LogP contribution in [0.5, 0.6) is 0 Å². The van der Waals surface area contributed by atoms with Gasteiger partial charge in [-0.1, -0.05) is 30.3 Å². The lowest BCUT2D eigenvalue weighted by Gasteiger charge is -2.38. The number of carbonyl (C=O) groups excluding carboxylic acids is 1. The summed E-state index contributed by atoms with van der Waals surface area (Å²) in [4.78, 5) is 13.6. The maximum absolute atomic E-state index is 11.7. The highest BCUT2D eigenvalue weighted by Gasteiger charge is 2.28. The highest BCUT2D eigenvalue weighted by molar-refractivity contribution is 5.77. The first-order chi connectivity index (χ1) is 7.79. The third-order valence-corrected chi connectivity index (χ3v) is 3.11. The van der Waals surface area contributed by atoms with Gasteiger partial charge in [0.05, 0.1) is 0 Å². The number of benzene rings is 1. The summed E-state index contributed by atoms with van der Waals surface area (Å²) in [5.41, 5.74) is 6.75. The van der Waals surface area contributed by atoms with E-state index in [1.54, 1.807) is 0 Å². The van der Waals surface area contributed by atoms with Crippen molar-refractivity contribution in [3.8, 4) is 0 Å². The Morgan fingerprint density at radius 2 is 2.00 bits per heavy atom. The molecule has 0 radical (unpaired) electrons. The molecule has 0 aromatic heterocycles. The highest BCUT2D eigenvalue weighted by Crippen LogP contribution is 2.16. The van der Waals surface area contributed by atoms with Crippen molar-refractivity contribution in [1.82, 2.24) is 4.90 Å². The first-order valence-electron chi connectivity index (χ1n) is 5.81. The molecular formula is C13H18N2O. The Hall–Kier alpha value is -1.35. The summed E-state index contributed by atoms with van der Waals surface area (Å²) in [6.45, 7) is 2.40. The van der Waals surface area contributed by atoms with Gasteiger partial charge in [-0.05, 0) is 18.5 Å². The zero-order valence-corrected chi connectivity index (χ0v) is 9.43. The van der Waals surface area contributed by atoms with Crippen LogP contribution in [0.3, 0.4) is 0 Å². The van der Waals surface area contributed by atoms with Crippen LogP contribution in [-0.4, -0.2) is 30.4 Å². The summed E-state index contributed by atoms with van der Waals surface area (Å²) < 4.78 is 0. The van der Waals surface area contributed by atoms with Crippen molar-refractivity contribution in [3.63, 3.8) is 0 Å². The Kier molecular flexibility index (Phi) is 3.57. The first kappa shape index (κ1) is 11.1. The number of nitrogens with two attached hydrogens (primary N) is 1. The Morgan fingerprint density at radius 3 is 2.62 bits per heavy atom. The van der Waals surface area contributed by atoms with Crippen molar-refractivity contribution in [2.75, 3.05) is 19.6 Å². The van der Waals surface area contributed by atoms with E-state index < -0.39 is 0 Å². The van der Waals surface area contributed by atoms with E-state index in [0.717, 1.165) is 19.5 Å². The number of hydrogen-bond acceptors (Lipinski definition) is 2. The zero-order chi connectivity index (χ0) is 11.4. The fraction of sp³-hybridized carbons (Fsp3) is 0.462. The van der Waals surface area contributed by atoms with E-state index in [1.807, 2.05) is 23.1 Å². The standard InChI is InChI=1S/C13H18N2O/c14-8-12-9-15(10-12)13(16)7-6-11-4-2-1-3-5-11/h1-5,12H,6-10,14H2. The van der Waals surface area contributed by atoms with Crippen LogP contribution in [0.2, 0.25) is 0 Å². The molecule has 1 heterocycles. The van der Waals surface area contributed by atoms with Gasteiger partial charge in [0, 0.05) is 25.4 Å². The lowest BCUT2D eigenvalue weighted by Crippen LogP contribution is -2.52. The quantitative estimate of drug-likeness (QED) is 0.820. The van der Waals surface area contributed by atoms with Crippen molar-refractivity contribution in [3.05, 3.63) is 35.9 Å². The second-order valence-corrected chi connectivity index (χ2v) is 4.39. The third-order valence-electron chi connectivity index (χ3n) is 3.11. The van der Waals surface area contributed by atoms with E-state index >= 15 is 0 Å². The fourth-order valence-corrected chi connectivity index (χ4v) is 1.98. The van der Waals surface area contributed by atoms with Crippen LogP contribution in [0.4, 0.5) is 0 Å². The molecule has 2 N–H and O–H groups in total. The van der Waals surface area contributed by atoms with Gasteiger partial charge in [0.15, 0.2) is 0 Å². The largest absolute Gasteiger partial charge is 0.342 e. The lowest BCUT2D eigenvalue weighted by atomic mass is 9.99. The topological polar surface area (TPSA) is 46.3 Å². The SMILES string of the molecule is NCC1CN(C(=O)CCc2ccccc2)C1. The number of rotatable bonds is 4. The molecule has 2 rings (SSSR count). The molecule has 0 spiro atoms. The second-order valence-electron chi connectivity index (χ2n) is 4.39. The van der Waals surface area contributed by atoms with Gasteiger partial charge < -0.3 is 10.6 Å². The van der Waals surface area contributed by atoms with Gasteiger partial charge in [0.25, 0.3) is 0 Å². The van der Waals surface area contributed by atoms with E-state index in [4.69, 9.17) is 5.73 Å². The van der Waals surface area contributed by atoms with Crippen LogP contribution >= 0.6 is 0 Å². The Bertz CT molecular complexity index is 344. The summed E-state index contributed by atoms with van der Waals surface area (Å²) in [5, 5.41) is 0. The molecule has 1 amide bonds. The van der Waals surface area contributed by atoms with Crippen molar-refractivity contribution in [1.29, 1.82) is 0 Å². The van der Waals surface area contributed by atoms with Crippen LogP contribution in [0, 0.1) is 5.92 Å². The fourth-order valence-electron chi connectivity index (χ4n) is 1.98. The maximum atomic E-state index is 11.7. The monoisotopic (exact) mass is 218 g/mol. The molecule has 1 saturated heterocycles. The molecule has 1 aliphatic rings. The summed E-state index contributed by atoms with van der Waals surface area (Å²) >= 11 is 0. The van der Waals surface area contributed by atoms with Crippen molar-refractivity contribution in [2.24, 2.45) is 11.7 Å². The first-order valence-corrected chi connectivity index (χ1v) is 5.81. The van der Waals surface area contributed by atoms with E-state index in [1.165, 1.54) is 5.56 Å². The van der Waals surface area contributed by atoms with Gasteiger partial charge in [-0.2, -0.15) is 0 Å². The van der Waals surface area contributed by atoms with Crippen molar-refractivity contribution in [2.45, 2.75) is 12.8 Å². The molecule has 16 heavy (non-hydrogen) atoms. The lowest BCUT2D eigenvalue weighted by molar-refractivity contribution is -0.137. The molecule has 3 heteroatoms. The molecule has 0 bridgehead atoms. The summed E-state index contributed by atoms with van der Waals surface area (Å²) in [7, 11) is 0. The van der Waals surface area contributed by atoms with Crippen LogP contribution < -0.4 is 5.73 Å². The smallest absolute Gasteiger partial charge is 0.222 e. The van der Waals surface area contributed by atoms with Crippen molar-refractivity contribution < 1.29 is 4.79 Å². The van der Waals surface area contributed by atoms with Gasteiger partial charge >= 0.3 is 0 Å². The number of carbonyl (C=O) groups is 1. The normalized spacial score (nSPS) is 15.9. The average Bonchev–Trinajstić information content (AvgIpc) is 2.26. The zero-order valence-electron chi connectivity index (χ0n) is 9.43. The molecule has 0 saturated carbocycles. The summed E-state index contributed by atoms with van der Waals surface area (Å²) in [6, 6.07) is 10.1. The third kappa shape index (κ3) is 2.61. The molecule has 0 aliphatic carbocycles. The Balaban J connectivity index is 1.73. The number of aryl methyl sites for hydroxylation is 1. The molecular weight excluding hydrogens is 200 g/mol. The molecule has 0 unspecified atom stereocenters. The molecule has 0 atom stereocenters. The van der Waals surface area contributed by atoms with E-state index in [-0.39, 0.29) is 5.91 Å². The highest BCUT2D eigenvalue weighted by atomic mass is 16.2. The number of likely N-dealkylation sites (tertiary alicyclic amines) is 1. The van der Waals surface area contributed by atoms with Gasteiger partial charge in [0.2, 0.25) is 5.91 Å². The Morgan fingerprint density at radius 1 is 1.31 bits per heavy atom. The minimum absolute atomic E-state index is 0.258. The van der Waals surface area contributed by atoms with Crippen molar-refractivity contribution >= 4 is 5.91 Å². The van der Waals surface area contributed by atoms with Crippen LogP contribution in [0.1, 0.15) is 12.0 Å². The van der Waals surface area contributed by atoms with Gasteiger partial charge in [-0.3, -0.25) is 4.79 Å². The molecule has 1 aliphatic heterocycles. The van der Waals surface area contributed by atoms with Gasteiger partial charge in [0.1, 0.15) is 0 Å². The van der Waals surface area contributed by atoms with Gasteiger partial charge in [-0.15, -0.1) is 0 Å². The second kappa shape index (κ2) is 5.12. The molecule has 1 aromatic rings. The van der Waals surface area contributed by atoms with Crippen LogP contribution in [0.15, 0.2) is 30.3 Å². The van der Waals surface area contributed by atoms with Crippen LogP contribution in [-0.2, 0) is 11.2 Å². The number of nitrogens with zero attached hydrogens (tertiary/aromatic N) is 1. The van der Waals surface area contributed by atoms with Crippen LogP contribution in [0.25, 0.3) is 0 Å².